The van der Waals surface area contributed by atoms with Crippen LogP contribution in [0.3, 0.4) is 0 Å². The lowest BCUT2D eigenvalue weighted by atomic mass is 10.1. The number of halogens is 3. The Morgan fingerprint density at radius 1 is 1.12 bits per heavy atom. The Balaban J connectivity index is 1.90. The highest BCUT2D eigenvalue weighted by molar-refractivity contribution is 5.90. The third-order valence-corrected chi connectivity index (χ3v) is 3.70. The zero-order valence-corrected chi connectivity index (χ0v) is 14.2. The highest BCUT2D eigenvalue weighted by Gasteiger charge is 2.30. The second kappa shape index (κ2) is 6.46. The van der Waals surface area contributed by atoms with E-state index in [4.69, 9.17) is 4.74 Å². The molecule has 0 unspecified atom stereocenters. The van der Waals surface area contributed by atoms with E-state index in [0.717, 1.165) is 23.5 Å². The number of alkyl halides is 3. The van der Waals surface area contributed by atoms with Crippen molar-refractivity contribution in [2.24, 2.45) is 4.99 Å². The minimum atomic E-state index is -4.34. The zero-order chi connectivity index (χ0) is 18.2. The van der Waals surface area contributed by atoms with Crippen molar-refractivity contribution in [1.82, 2.24) is 9.97 Å². The summed E-state index contributed by atoms with van der Waals surface area (Å²) in [4.78, 5) is 13.4. The van der Waals surface area contributed by atoms with Gasteiger partial charge in [0.15, 0.2) is 5.82 Å². The molecule has 1 aliphatic heterocycles. The molecule has 2 aromatic rings. The lowest BCUT2D eigenvalue weighted by Crippen LogP contribution is -2.11. The molecule has 0 atom stereocenters. The molecule has 1 aromatic heterocycles. The molecule has 3 rings (SSSR count). The van der Waals surface area contributed by atoms with Crippen molar-refractivity contribution >= 4 is 11.5 Å². The highest BCUT2D eigenvalue weighted by Crippen LogP contribution is 2.31. The van der Waals surface area contributed by atoms with Crippen LogP contribution in [0.2, 0.25) is 0 Å². The molecule has 0 N–H and O–H groups in total. The van der Waals surface area contributed by atoms with Crippen LogP contribution < -0.4 is 4.74 Å². The fourth-order valence-corrected chi connectivity index (χ4v) is 2.59. The molecule has 0 saturated heterocycles. The smallest absolute Gasteiger partial charge is 0.416 e. The van der Waals surface area contributed by atoms with E-state index in [-0.39, 0.29) is 6.10 Å². The lowest BCUT2D eigenvalue weighted by Gasteiger charge is -2.14. The summed E-state index contributed by atoms with van der Waals surface area (Å²) in [5.74, 6) is 0.941. The second-order valence-electron chi connectivity index (χ2n) is 6.31. The summed E-state index contributed by atoms with van der Waals surface area (Å²) in [6.45, 7) is 5.67. The molecule has 0 amide bonds. The van der Waals surface area contributed by atoms with Crippen LogP contribution in [0.5, 0.6) is 5.88 Å². The van der Waals surface area contributed by atoms with E-state index in [0.29, 0.717) is 35.8 Å². The summed E-state index contributed by atoms with van der Waals surface area (Å²) in [6, 6.07) is 5.07. The predicted octanol–water partition coefficient (Wildman–Crippen LogP) is 4.52. The first-order valence-corrected chi connectivity index (χ1v) is 7.99. The summed E-state index contributed by atoms with van der Waals surface area (Å²) < 4.78 is 43.8. The summed E-state index contributed by atoms with van der Waals surface area (Å²) in [6.07, 6.45) is -3.46. The third kappa shape index (κ3) is 3.97. The molecule has 132 valence electrons. The maximum Gasteiger partial charge on any atom is 0.416 e. The number of aromatic nitrogens is 2. The lowest BCUT2D eigenvalue weighted by molar-refractivity contribution is -0.137. The number of rotatable bonds is 4. The topological polar surface area (TPSA) is 47.4 Å². The maximum absolute atomic E-state index is 12.7. The summed E-state index contributed by atoms with van der Waals surface area (Å²) in [5.41, 5.74) is 2.36. The first kappa shape index (κ1) is 17.4. The van der Waals surface area contributed by atoms with E-state index in [1.54, 1.807) is 0 Å². The standard InChI is InChI=1S/C18H18F3N3O/c1-10(2)25-17-15(23-14-8-11(3)22-16(14)24-17)9-12-4-6-13(7-5-12)18(19,20)21/h4-7,10H,8-9H2,1-3H3. The minimum absolute atomic E-state index is 0.0924. The Kier molecular flexibility index (Phi) is 4.49. The van der Waals surface area contributed by atoms with Crippen LogP contribution in [0.15, 0.2) is 29.3 Å². The number of aliphatic imine (C=N–C) groups is 1. The van der Waals surface area contributed by atoms with E-state index in [9.17, 15) is 13.2 Å². The van der Waals surface area contributed by atoms with Gasteiger partial charge in [-0.15, -0.1) is 0 Å². The fourth-order valence-electron chi connectivity index (χ4n) is 2.59. The minimum Gasteiger partial charge on any atom is -0.474 e. The van der Waals surface area contributed by atoms with Gasteiger partial charge in [-0.3, -0.25) is 0 Å². The average Bonchev–Trinajstić information content (AvgIpc) is 2.85. The SMILES string of the molecule is CC1=Nc2nc(OC(C)C)c(Cc3ccc(C(F)(F)F)cc3)nc2C1. The molecule has 0 aliphatic carbocycles. The first-order valence-electron chi connectivity index (χ1n) is 7.99. The predicted molar refractivity (Wildman–Crippen MR) is 88.5 cm³/mol. The van der Waals surface area contributed by atoms with Crippen LogP contribution in [0.4, 0.5) is 19.0 Å². The molecule has 0 fully saturated rings. The Hall–Kier alpha value is -2.44. The monoisotopic (exact) mass is 349 g/mol. The Bertz CT molecular complexity index is 812. The average molecular weight is 349 g/mol. The quantitative estimate of drug-likeness (QED) is 0.815. The number of nitrogens with zero attached hydrogens (tertiary/aromatic N) is 3. The Labute approximate surface area is 143 Å². The van der Waals surface area contributed by atoms with Gasteiger partial charge in [0.2, 0.25) is 5.88 Å². The molecule has 25 heavy (non-hydrogen) atoms. The number of hydrogen-bond donors (Lipinski definition) is 0. The Morgan fingerprint density at radius 2 is 1.80 bits per heavy atom. The van der Waals surface area contributed by atoms with E-state index >= 15 is 0 Å². The van der Waals surface area contributed by atoms with Crippen molar-refractivity contribution in [2.45, 2.75) is 45.9 Å². The van der Waals surface area contributed by atoms with Gasteiger partial charge in [-0.05, 0) is 38.5 Å². The molecule has 0 saturated carbocycles. The molecule has 0 spiro atoms. The van der Waals surface area contributed by atoms with Crippen LogP contribution in [-0.2, 0) is 19.0 Å². The van der Waals surface area contributed by atoms with Crippen LogP contribution >= 0.6 is 0 Å². The van der Waals surface area contributed by atoms with Crippen molar-refractivity contribution in [2.75, 3.05) is 0 Å². The van der Waals surface area contributed by atoms with Gasteiger partial charge in [0.1, 0.15) is 5.69 Å². The van der Waals surface area contributed by atoms with Gasteiger partial charge in [-0.2, -0.15) is 18.2 Å². The van der Waals surface area contributed by atoms with Gasteiger partial charge in [-0.1, -0.05) is 12.1 Å². The van der Waals surface area contributed by atoms with Crippen molar-refractivity contribution in [3.05, 3.63) is 46.8 Å². The van der Waals surface area contributed by atoms with Crippen LogP contribution in [0.25, 0.3) is 0 Å². The molecule has 0 radical (unpaired) electrons. The molecule has 1 aliphatic rings. The van der Waals surface area contributed by atoms with E-state index in [1.807, 2.05) is 20.8 Å². The van der Waals surface area contributed by atoms with Crippen LogP contribution in [0, 0.1) is 0 Å². The molecule has 4 nitrogen and oxygen atoms in total. The van der Waals surface area contributed by atoms with Crippen LogP contribution in [0.1, 0.15) is 43.3 Å². The summed E-state index contributed by atoms with van der Waals surface area (Å²) in [7, 11) is 0. The van der Waals surface area contributed by atoms with Gasteiger partial charge in [-0.25, -0.2) is 9.98 Å². The third-order valence-electron chi connectivity index (χ3n) is 3.70. The van der Waals surface area contributed by atoms with E-state index in [2.05, 4.69) is 15.0 Å². The van der Waals surface area contributed by atoms with E-state index in [1.165, 1.54) is 12.1 Å². The maximum atomic E-state index is 12.7. The van der Waals surface area contributed by atoms with Gasteiger partial charge < -0.3 is 4.74 Å². The number of fused-ring (bicyclic) bond motifs is 1. The van der Waals surface area contributed by atoms with Crippen molar-refractivity contribution in [1.29, 1.82) is 0 Å². The second-order valence-corrected chi connectivity index (χ2v) is 6.31. The summed E-state index contributed by atoms with van der Waals surface area (Å²) in [5, 5.41) is 0. The molecule has 7 heteroatoms. The van der Waals surface area contributed by atoms with Gasteiger partial charge in [0.25, 0.3) is 0 Å². The van der Waals surface area contributed by atoms with E-state index < -0.39 is 11.7 Å². The largest absolute Gasteiger partial charge is 0.474 e. The molecular weight excluding hydrogens is 331 g/mol. The molecule has 2 heterocycles. The first-order chi connectivity index (χ1) is 11.7. The molecule has 1 aromatic carbocycles. The fraction of sp³-hybridized carbons (Fsp3) is 0.389. The van der Waals surface area contributed by atoms with Crippen molar-refractivity contribution in [3.8, 4) is 5.88 Å². The Morgan fingerprint density at radius 3 is 2.40 bits per heavy atom. The number of ether oxygens (including phenoxy) is 1. The van der Waals surface area contributed by atoms with Gasteiger partial charge >= 0.3 is 6.18 Å². The number of hydrogen-bond acceptors (Lipinski definition) is 4. The zero-order valence-electron chi connectivity index (χ0n) is 14.2. The van der Waals surface area contributed by atoms with Crippen molar-refractivity contribution in [3.63, 3.8) is 0 Å². The van der Waals surface area contributed by atoms with Crippen molar-refractivity contribution < 1.29 is 17.9 Å². The highest BCUT2D eigenvalue weighted by atomic mass is 19.4. The molecule has 0 bridgehead atoms. The molecular formula is C18H18F3N3O. The van der Waals surface area contributed by atoms with Gasteiger partial charge in [0, 0.05) is 18.6 Å². The number of benzene rings is 1. The summed E-state index contributed by atoms with van der Waals surface area (Å²) >= 11 is 0. The normalized spacial score (nSPS) is 13.8. The van der Waals surface area contributed by atoms with Gasteiger partial charge in [0.05, 0.1) is 17.4 Å². The van der Waals surface area contributed by atoms with Crippen LogP contribution in [-0.4, -0.2) is 21.8 Å².